The Bertz CT molecular complexity index is 160. The van der Waals surface area contributed by atoms with Gasteiger partial charge < -0.3 is 20.1 Å². The summed E-state index contributed by atoms with van der Waals surface area (Å²) < 4.78 is 10.0. The molecule has 0 heterocycles. The highest BCUT2D eigenvalue weighted by molar-refractivity contribution is 5.76. The lowest BCUT2D eigenvalue weighted by atomic mass is 10.3. The van der Waals surface area contributed by atoms with Crippen LogP contribution in [0.25, 0.3) is 0 Å². The van der Waals surface area contributed by atoms with Crippen LogP contribution >= 0.6 is 0 Å². The van der Waals surface area contributed by atoms with Gasteiger partial charge in [-0.3, -0.25) is 4.79 Å². The summed E-state index contributed by atoms with van der Waals surface area (Å²) in [7, 11) is 4.90. The normalized spacial score (nSPS) is 12.9. The summed E-state index contributed by atoms with van der Waals surface area (Å²) in [6.07, 6.45) is 0.0644. The van der Waals surface area contributed by atoms with Crippen molar-refractivity contribution in [2.45, 2.75) is 25.7 Å². The van der Waals surface area contributed by atoms with E-state index < -0.39 is 6.29 Å². The van der Waals surface area contributed by atoms with Gasteiger partial charge in [0.25, 0.3) is 0 Å². The second-order valence-electron chi connectivity index (χ2n) is 3.05. The lowest BCUT2D eigenvalue weighted by molar-refractivity contribution is -0.135. The number of nitrogens with one attached hydrogen (secondary N) is 2. The van der Waals surface area contributed by atoms with Crippen LogP contribution in [0.15, 0.2) is 0 Å². The molecule has 1 amide bonds. The smallest absolute Gasteiger partial charge is 0.221 e. The SMILES string of the molecule is CNCCC(=O)NC(C)C(OC)OC. The summed E-state index contributed by atoms with van der Waals surface area (Å²) >= 11 is 0. The van der Waals surface area contributed by atoms with E-state index in [9.17, 15) is 4.79 Å². The second kappa shape index (κ2) is 7.73. The van der Waals surface area contributed by atoms with Crippen LogP contribution in [-0.4, -0.2) is 46.1 Å². The molecule has 0 saturated carbocycles. The third-order valence-corrected chi connectivity index (χ3v) is 1.86. The van der Waals surface area contributed by atoms with Crippen LogP contribution in [0, 0.1) is 0 Å². The fourth-order valence-corrected chi connectivity index (χ4v) is 1.14. The number of amides is 1. The van der Waals surface area contributed by atoms with Gasteiger partial charge in [-0.05, 0) is 14.0 Å². The Hall–Kier alpha value is -0.650. The van der Waals surface area contributed by atoms with Crippen molar-refractivity contribution in [3.8, 4) is 0 Å². The lowest BCUT2D eigenvalue weighted by Crippen LogP contribution is -2.43. The van der Waals surface area contributed by atoms with E-state index in [0.29, 0.717) is 13.0 Å². The molecule has 1 atom stereocenters. The van der Waals surface area contributed by atoms with Gasteiger partial charge in [-0.2, -0.15) is 0 Å². The molecule has 0 aromatic rings. The van der Waals surface area contributed by atoms with Crippen LogP contribution in [-0.2, 0) is 14.3 Å². The van der Waals surface area contributed by atoms with Crippen molar-refractivity contribution < 1.29 is 14.3 Å². The predicted octanol–water partition coefficient (Wildman–Crippen LogP) is -0.280. The molecular weight excluding hydrogens is 184 g/mol. The first-order chi connectivity index (χ1) is 6.65. The van der Waals surface area contributed by atoms with Gasteiger partial charge in [-0.15, -0.1) is 0 Å². The predicted molar refractivity (Wildman–Crippen MR) is 54.0 cm³/mol. The number of hydrogen-bond acceptors (Lipinski definition) is 4. The van der Waals surface area contributed by atoms with E-state index in [4.69, 9.17) is 9.47 Å². The van der Waals surface area contributed by atoms with Crippen LogP contribution in [0.1, 0.15) is 13.3 Å². The number of ether oxygens (including phenoxy) is 2. The van der Waals surface area contributed by atoms with Gasteiger partial charge in [-0.1, -0.05) is 0 Å². The summed E-state index contributed by atoms with van der Waals surface area (Å²) in [5, 5.41) is 5.69. The van der Waals surface area contributed by atoms with Gasteiger partial charge in [0, 0.05) is 27.2 Å². The molecule has 5 heteroatoms. The maximum atomic E-state index is 11.3. The van der Waals surface area contributed by atoms with Gasteiger partial charge >= 0.3 is 0 Å². The van der Waals surface area contributed by atoms with Crippen LogP contribution in [0.2, 0.25) is 0 Å². The molecule has 0 saturated heterocycles. The molecule has 0 radical (unpaired) electrons. The number of hydrogen-bond donors (Lipinski definition) is 2. The van der Waals surface area contributed by atoms with E-state index in [-0.39, 0.29) is 11.9 Å². The van der Waals surface area contributed by atoms with Crippen molar-refractivity contribution in [3.05, 3.63) is 0 Å². The van der Waals surface area contributed by atoms with E-state index in [0.717, 1.165) is 0 Å². The van der Waals surface area contributed by atoms with Gasteiger partial charge in [0.1, 0.15) is 0 Å². The van der Waals surface area contributed by atoms with Gasteiger partial charge in [0.15, 0.2) is 6.29 Å². The van der Waals surface area contributed by atoms with Crippen molar-refractivity contribution >= 4 is 5.91 Å². The molecule has 14 heavy (non-hydrogen) atoms. The van der Waals surface area contributed by atoms with Crippen LogP contribution in [0.5, 0.6) is 0 Å². The number of methoxy groups -OCH3 is 2. The highest BCUT2D eigenvalue weighted by atomic mass is 16.7. The molecule has 0 bridgehead atoms. The summed E-state index contributed by atoms with van der Waals surface area (Å²) in [6.45, 7) is 2.51. The molecule has 5 nitrogen and oxygen atoms in total. The molecule has 0 fully saturated rings. The lowest BCUT2D eigenvalue weighted by Gasteiger charge is -2.22. The molecule has 0 rings (SSSR count). The molecule has 1 unspecified atom stereocenters. The van der Waals surface area contributed by atoms with E-state index >= 15 is 0 Å². The standard InChI is InChI=1S/C9H20N2O3/c1-7(9(13-3)14-4)11-8(12)5-6-10-2/h7,9-10H,5-6H2,1-4H3,(H,11,12). The molecule has 0 aliphatic heterocycles. The van der Waals surface area contributed by atoms with Gasteiger partial charge in [-0.25, -0.2) is 0 Å². The summed E-state index contributed by atoms with van der Waals surface area (Å²) in [5.41, 5.74) is 0. The maximum Gasteiger partial charge on any atom is 0.221 e. The van der Waals surface area contributed by atoms with E-state index in [1.165, 1.54) is 0 Å². The number of carbonyl (C=O) groups excluding carboxylic acids is 1. The Balaban J connectivity index is 3.79. The molecule has 2 N–H and O–H groups in total. The number of rotatable bonds is 7. The van der Waals surface area contributed by atoms with Crippen LogP contribution in [0.4, 0.5) is 0 Å². The third kappa shape index (κ3) is 5.16. The maximum absolute atomic E-state index is 11.3. The summed E-state index contributed by atoms with van der Waals surface area (Å²) in [5.74, 6) is -0.00838. The first-order valence-corrected chi connectivity index (χ1v) is 4.65. The fourth-order valence-electron chi connectivity index (χ4n) is 1.14. The molecule has 84 valence electrons. The van der Waals surface area contributed by atoms with E-state index in [2.05, 4.69) is 10.6 Å². The second-order valence-corrected chi connectivity index (χ2v) is 3.05. The molecule has 0 aliphatic rings. The van der Waals surface area contributed by atoms with Crippen molar-refractivity contribution in [1.29, 1.82) is 0 Å². The van der Waals surface area contributed by atoms with E-state index in [1.54, 1.807) is 14.2 Å². The molecule has 0 aromatic heterocycles. The Morgan fingerprint density at radius 3 is 2.36 bits per heavy atom. The minimum absolute atomic E-state index is 0.00838. The average molecular weight is 204 g/mol. The van der Waals surface area contributed by atoms with Gasteiger partial charge in [0.2, 0.25) is 5.91 Å². The van der Waals surface area contributed by atoms with Crippen molar-refractivity contribution in [2.24, 2.45) is 0 Å². The monoisotopic (exact) mass is 204 g/mol. The zero-order valence-electron chi connectivity index (χ0n) is 9.29. The third-order valence-electron chi connectivity index (χ3n) is 1.86. The summed E-state index contributed by atoms with van der Waals surface area (Å²) in [4.78, 5) is 11.3. The Morgan fingerprint density at radius 2 is 1.93 bits per heavy atom. The van der Waals surface area contributed by atoms with Crippen molar-refractivity contribution in [2.75, 3.05) is 27.8 Å². The van der Waals surface area contributed by atoms with E-state index in [1.807, 2.05) is 14.0 Å². The Labute approximate surface area is 85.1 Å². The molecule has 0 spiro atoms. The molecule has 0 aromatic carbocycles. The highest BCUT2D eigenvalue weighted by Crippen LogP contribution is 1.98. The Kier molecular flexibility index (Phi) is 7.37. The van der Waals surface area contributed by atoms with Crippen LogP contribution in [0.3, 0.4) is 0 Å². The average Bonchev–Trinajstić information content (AvgIpc) is 2.16. The Morgan fingerprint density at radius 1 is 1.36 bits per heavy atom. The van der Waals surface area contributed by atoms with Gasteiger partial charge in [0.05, 0.1) is 6.04 Å². The summed E-state index contributed by atoms with van der Waals surface area (Å²) in [6, 6.07) is -0.144. The topological polar surface area (TPSA) is 59.6 Å². The zero-order valence-corrected chi connectivity index (χ0v) is 9.29. The highest BCUT2D eigenvalue weighted by Gasteiger charge is 2.17. The largest absolute Gasteiger partial charge is 0.354 e. The number of carbonyl (C=O) groups is 1. The first kappa shape index (κ1) is 13.4. The molecule has 0 aliphatic carbocycles. The zero-order chi connectivity index (χ0) is 11.0. The minimum atomic E-state index is -0.395. The van der Waals surface area contributed by atoms with Crippen LogP contribution < -0.4 is 10.6 Å². The quantitative estimate of drug-likeness (QED) is 0.560. The first-order valence-electron chi connectivity index (χ1n) is 4.65. The van der Waals surface area contributed by atoms with Crippen molar-refractivity contribution in [1.82, 2.24) is 10.6 Å². The minimum Gasteiger partial charge on any atom is -0.354 e. The fraction of sp³-hybridized carbons (Fsp3) is 0.889. The molecular formula is C9H20N2O3. The van der Waals surface area contributed by atoms with Crippen molar-refractivity contribution in [3.63, 3.8) is 0 Å².